The predicted octanol–water partition coefficient (Wildman–Crippen LogP) is 2.53. The second-order valence-electron chi connectivity index (χ2n) is 2.42. The summed E-state index contributed by atoms with van der Waals surface area (Å²) >= 11 is 0. The summed E-state index contributed by atoms with van der Waals surface area (Å²) in [5.74, 6) is 0.910. The van der Waals surface area contributed by atoms with Gasteiger partial charge in [0.2, 0.25) is 0 Å². The van der Waals surface area contributed by atoms with Crippen molar-refractivity contribution in [2.75, 3.05) is 0 Å². The third-order valence-electron chi connectivity index (χ3n) is 1.60. The smallest absolute Gasteiger partial charge is 0.0202 e. The highest BCUT2D eigenvalue weighted by Crippen LogP contribution is 2.35. The molecule has 0 saturated heterocycles. The molecule has 1 fully saturated rings. The summed E-state index contributed by atoms with van der Waals surface area (Å²) in [6.45, 7) is 5.81. The fourth-order valence-corrected chi connectivity index (χ4v) is 0.861. The molecular weight excluding hydrogens is 96.1 g/mol. The van der Waals surface area contributed by atoms with Gasteiger partial charge in [0.25, 0.3) is 0 Å². The average molecular weight is 108 g/mol. The van der Waals surface area contributed by atoms with Crippen molar-refractivity contribution in [2.45, 2.75) is 19.8 Å². The quantitative estimate of drug-likeness (QED) is 0.477. The van der Waals surface area contributed by atoms with E-state index in [0.717, 1.165) is 5.92 Å². The maximum Gasteiger partial charge on any atom is -0.0202 e. The Kier molecular flexibility index (Phi) is 1.52. The van der Waals surface area contributed by atoms with Crippen molar-refractivity contribution in [2.24, 2.45) is 5.92 Å². The Bertz CT molecular complexity index is 116. The van der Waals surface area contributed by atoms with Crippen LogP contribution in [0.4, 0.5) is 0 Å². The molecule has 1 aliphatic rings. The summed E-state index contributed by atoms with van der Waals surface area (Å²) in [6, 6.07) is 0. The van der Waals surface area contributed by atoms with Crippen LogP contribution >= 0.6 is 0 Å². The third kappa shape index (κ3) is 1.22. The van der Waals surface area contributed by atoms with Crippen molar-refractivity contribution in [1.82, 2.24) is 0 Å². The van der Waals surface area contributed by atoms with E-state index in [-0.39, 0.29) is 0 Å². The summed E-state index contributed by atoms with van der Waals surface area (Å²) in [6.07, 6.45) is 6.78. The van der Waals surface area contributed by atoms with E-state index in [9.17, 15) is 0 Å². The van der Waals surface area contributed by atoms with Gasteiger partial charge < -0.3 is 0 Å². The number of hydrogen-bond acceptors (Lipinski definition) is 0. The van der Waals surface area contributed by atoms with E-state index >= 15 is 0 Å². The van der Waals surface area contributed by atoms with Crippen molar-refractivity contribution < 1.29 is 0 Å². The summed E-state index contributed by atoms with van der Waals surface area (Å²) in [7, 11) is 0. The molecule has 0 nitrogen and oxygen atoms in total. The lowest BCUT2D eigenvalue weighted by Gasteiger charge is -1.89. The highest BCUT2D eigenvalue weighted by molar-refractivity contribution is 5.14. The van der Waals surface area contributed by atoms with Gasteiger partial charge in [-0.25, -0.2) is 0 Å². The van der Waals surface area contributed by atoms with E-state index in [0.29, 0.717) is 0 Å². The van der Waals surface area contributed by atoms with Crippen molar-refractivity contribution in [3.8, 4) is 0 Å². The van der Waals surface area contributed by atoms with Crippen LogP contribution in [0.1, 0.15) is 19.8 Å². The molecule has 8 heavy (non-hydrogen) atoms. The second-order valence-corrected chi connectivity index (χ2v) is 2.42. The van der Waals surface area contributed by atoms with Crippen molar-refractivity contribution in [3.63, 3.8) is 0 Å². The van der Waals surface area contributed by atoms with Gasteiger partial charge in [-0.05, 0) is 25.7 Å². The highest BCUT2D eigenvalue weighted by Gasteiger charge is 2.21. The minimum absolute atomic E-state index is 0.910. The van der Waals surface area contributed by atoms with Crippen LogP contribution in [0.2, 0.25) is 0 Å². The minimum atomic E-state index is 0.910. The average Bonchev–Trinajstić information content (AvgIpc) is 2.45. The SMILES string of the molecule is C=C/C=C(/C)C1CC1. The lowest BCUT2D eigenvalue weighted by Crippen LogP contribution is -1.73. The first-order valence-electron chi connectivity index (χ1n) is 3.14. The molecule has 0 unspecified atom stereocenters. The Balaban J connectivity index is 2.41. The first kappa shape index (κ1) is 5.61. The van der Waals surface area contributed by atoms with Crippen LogP contribution in [-0.4, -0.2) is 0 Å². The van der Waals surface area contributed by atoms with E-state index < -0.39 is 0 Å². The van der Waals surface area contributed by atoms with Gasteiger partial charge in [0.1, 0.15) is 0 Å². The molecule has 0 aromatic heterocycles. The van der Waals surface area contributed by atoms with Crippen LogP contribution in [0.5, 0.6) is 0 Å². The maximum atomic E-state index is 3.63. The number of rotatable bonds is 2. The lowest BCUT2D eigenvalue weighted by molar-refractivity contribution is 1.01. The molecule has 0 aromatic carbocycles. The zero-order valence-electron chi connectivity index (χ0n) is 5.35. The van der Waals surface area contributed by atoms with E-state index in [4.69, 9.17) is 0 Å². The van der Waals surface area contributed by atoms with Gasteiger partial charge in [-0.3, -0.25) is 0 Å². The summed E-state index contributed by atoms with van der Waals surface area (Å²) in [5, 5.41) is 0. The highest BCUT2D eigenvalue weighted by atomic mass is 14.3. The maximum absolute atomic E-state index is 3.63. The topological polar surface area (TPSA) is 0 Å². The molecule has 1 rings (SSSR count). The van der Waals surface area contributed by atoms with E-state index in [1.165, 1.54) is 18.4 Å². The largest absolute Gasteiger partial charge is 0.0991 e. The molecule has 1 aliphatic carbocycles. The number of allylic oxidation sites excluding steroid dienone is 3. The van der Waals surface area contributed by atoms with Crippen molar-refractivity contribution in [1.29, 1.82) is 0 Å². The molecule has 1 saturated carbocycles. The van der Waals surface area contributed by atoms with Gasteiger partial charge in [-0.15, -0.1) is 0 Å². The van der Waals surface area contributed by atoms with Crippen LogP contribution in [-0.2, 0) is 0 Å². The van der Waals surface area contributed by atoms with Gasteiger partial charge in [0.05, 0.1) is 0 Å². The van der Waals surface area contributed by atoms with Gasteiger partial charge in [-0.1, -0.05) is 24.3 Å². The molecule has 0 spiro atoms. The monoisotopic (exact) mass is 108 g/mol. The van der Waals surface area contributed by atoms with Crippen LogP contribution in [0.15, 0.2) is 24.3 Å². The summed E-state index contributed by atoms with van der Waals surface area (Å²) in [4.78, 5) is 0. The third-order valence-corrected chi connectivity index (χ3v) is 1.60. The van der Waals surface area contributed by atoms with Gasteiger partial charge in [0.15, 0.2) is 0 Å². The molecule has 0 radical (unpaired) electrons. The fourth-order valence-electron chi connectivity index (χ4n) is 0.861. The van der Waals surface area contributed by atoms with Gasteiger partial charge >= 0.3 is 0 Å². The number of hydrogen-bond donors (Lipinski definition) is 0. The predicted molar refractivity (Wildman–Crippen MR) is 36.7 cm³/mol. The molecule has 0 atom stereocenters. The Labute approximate surface area is 50.9 Å². The molecule has 44 valence electrons. The molecule has 0 bridgehead atoms. The van der Waals surface area contributed by atoms with E-state index in [1.807, 2.05) is 6.08 Å². The zero-order valence-corrected chi connectivity index (χ0v) is 5.35. The van der Waals surface area contributed by atoms with Gasteiger partial charge in [0, 0.05) is 0 Å². The van der Waals surface area contributed by atoms with Crippen LogP contribution in [0.3, 0.4) is 0 Å². The molecular formula is C8H12. The van der Waals surface area contributed by atoms with Crippen LogP contribution < -0.4 is 0 Å². The first-order chi connectivity index (χ1) is 3.84. The van der Waals surface area contributed by atoms with E-state index in [2.05, 4.69) is 19.6 Å². The molecule has 0 aromatic rings. The van der Waals surface area contributed by atoms with Crippen molar-refractivity contribution >= 4 is 0 Å². The van der Waals surface area contributed by atoms with Gasteiger partial charge in [-0.2, -0.15) is 0 Å². The molecule has 0 heterocycles. The molecule has 0 aliphatic heterocycles. The minimum Gasteiger partial charge on any atom is -0.0991 e. The normalized spacial score (nSPS) is 20.9. The summed E-state index contributed by atoms with van der Waals surface area (Å²) in [5.41, 5.74) is 1.50. The van der Waals surface area contributed by atoms with E-state index in [1.54, 1.807) is 0 Å². The van der Waals surface area contributed by atoms with Crippen LogP contribution in [0, 0.1) is 5.92 Å². The molecule has 0 amide bonds. The first-order valence-corrected chi connectivity index (χ1v) is 3.14. The summed E-state index contributed by atoms with van der Waals surface area (Å²) < 4.78 is 0. The molecule has 0 N–H and O–H groups in total. The zero-order chi connectivity index (χ0) is 5.98. The lowest BCUT2D eigenvalue weighted by atomic mass is 10.2. The Morgan fingerprint density at radius 2 is 2.25 bits per heavy atom. The van der Waals surface area contributed by atoms with Crippen LogP contribution in [0.25, 0.3) is 0 Å². The Hall–Kier alpha value is -0.520. The molecule has 0 heteroatoms. The fraction of sp³-hybridized carbons (Fsp3) is 0.500. The standard InChI is InChI=1S/C8H12/c1-3-4-7(2)8-5-6-8/h3-4,8H,1,5-6H2,2H3/b7-4-. The second kappa shape index (κ2) is 2.17. The Morgan fingerprint density at radius 3 is 2.62 bits per heavy atom. The Morgan fingerprint density at radius 1 is 1.62 bits per heavy atom. The van der Waals surface area contributed by atoms with Crippen molar-refractivity contribution in [3.05, 3.63) is 24.3 Å².